The Kier molecular flexibility index (Phi) is 3.02. The molecule has 0 saturated carbocycles. The van der Waals surface area contributed by atoms with E-state index in [0.29, 0.717) is 5.56 Å². The molecule has 0 spiro atoms. The van der Waals surface area contributed by atoms with Gasteiger partial charge in [0, 0.05) is 0 Å². The first-order chi connectivity index (χ1) is 8.37. The number of oxime groups is 1. The SMILES string of the molecule is OC1(C(F)(F)C(F)F)CC(c2ccccc2)=NO1. The highest BCUT2D eigenvalue weighted by molar-refractivity contribution is 6.01. The van der Waals surface area contributed by atoms with Gasteiger partial charge in [0.05, 0.1) is 12.1 Å². The Morgan fingerprint density at radius 3 is 2.44 bits per heavy atom. The number of halogens is 4. The summed E-state index contributed by atoms with van der Waals surface area (Å²) in [5.41, 5.74) is 0.428. The smallest absolute Gasteiger partial charge is 0.353 e. The fourth-order valence-corrected chi connectivity index (χ4v) is 1.56. The Morgan fingerprint density at radius 2 is 1.89 bits per heavy atom. The minimum absolute atomic E-state index is 0.00146. The van der Waals surface area contributed by atoms with Crippen LogP contribution in [0.5, 0.6) is 0 Å². The van der Waals surface area contributed by atoms with Crippen molar-refractivity contribution >= 4 is 5.71 Å². The summed E-state index contributed by atoms with van der Waals surface area (Å²) in [7, 11) is 0. The van der Waals surface area contributed by atoms with Gasteiger partial charge in [-0.05, 0) is 5.56 Å². The van der Waals surface area contributed by atoms with Gasteiger partial charge in [0.15, 0.2) is 0 Å². The first kappa shape index (κ1) is 12.8. The molecule has 0 bridgehead atoms. The molecule has 1 unspecified atom stereocenters. The van der Waals surface area contributed by atoms with Crippen LogP contribution in [0.2, 0.25) is 0 Å². The molecule has 3 nitrogen and oxygen atoms in total. The summed E-state index contributed by atoms with van der Waals surface area (Å²) in [6.45, 7) is 0. The first-order valence-corrected chi connectivity index (χ1v) is 5.05. The Morgan fingerprint density at radius 1 is 1.28 bits per heavy atom. The lowest BCUT2D eigenvalue weighted by Crippen LogP contribution is -2.52. The van der Waals surface area contributed by atoms with Crippen LogP contribution in [0.3, 0.4) is 0 Å². The molecule has 0 saturated heterocycles. The quantitative estimate of drug-likeness (QED) is 0.851. The number of benzene rings is 1. The van der Waals surface area contributed by atoms with E-state index in [2.05, 4.69) is 9.99 Å². The summed E-state index contributed by atoms with van der Waals surface area (Å²) < 4.78 is 50.6. The maximum absolute atomic E-state index is 13.1. The van der Waals surface area contributed by atoms with E-state index in [1.165, 1.54) is 0 Å². The van der Waals surface area contributed by atoms with Gasteiger partial charge in [-0.25, -0.2) is 8.78 Å². The average Bonchev–Trinajstić information content (AvgIpc) is 2.74. The van der Waals surface area contributed by atoms with Gasteiger partial charge in [-0.15, -0.1) is 0 Å². The van der Waals surface area contributed by atoms with Gasteiger partial charge >= 0.3 is 18.1 Å². The Bertz CT molecular complexity index is 463. The summed E-state index contributed by atoms with van der Waals surface area (Å²) in [4.78, 5) is 4.15. The van der Waals surface area contributed by atoms with Gasteiger partial charge in [0.25, 0.3) is 0 Å². The van der Waals surface area contributed by atoms with Crippen LogP contribution in [-0.2, 0) is 4.84 Å². The third-order valence-electron chi connectivity index (χ3n) is 2.62. The average molecular weight is 263 g/mol. The maximum atomic E-state index is 13.1. The van der Waals surface area contributed by atoms with Gasteiger partial charge in [0.1, 0.15) is 0 Å². The van der Waals surface area contributed by atoms with Gasteiger partial charge in [-0.2, -0.15) is 8.78 Å². The highest BCUT2D eigenvalue weighted by atomic mass is 19.3. The van der Waals surface area contributed by atoms with Crippen LogP contribution in [0, 0.1) is 0 Å². The Balaban J connectivity index is 2.21. The van der Waals surface area contributed by atoms with E-state index >= 15 is 0 Å². The summed E-state index contributed by atoms with van der Waals surface area (Å²) in [5.74, 6) is -7.99. The van der Waals surface area contributed by atoms with Crippen LogP contribution in [0.1, 0.15) is 12.0 Å². The molecule has 1 aliphatic heterocycles. The molecular weight excluding hydrogens is 254 g/mol. The zero-order valence-electron chi connectivity index (χ0n) is 8.99. The van der Waals surface area contributed by atoms with Crippen molar-refractivity contribution < 1.29 is 27.5 Å². The standard InChI is InChI=1S/C11H9F4NO2/c12-9(13)11(14,15)10(17)6-8(16-18-10)7-4-2-1-3-5-7/h1-5,9,17H,6H2. The predicted molar refractivity (Wildman–Crippen MR) is 54.6 cm³/mol. The van der Waals surface area contributed by atoms with Crippen LogP contribution < -0.4 is 0 Å². The van der Waals surface area contributed by atoms with Crippen molar-refractivity contribution in [2.45, 2.75) is 24.6 Å². The molecule has 0 amide bonds. The van der Waals surface area contributed by atoms with Crippen molar-refractivity contribution in [3.8, 4) is 0 Å². The van der Waals surface area contributed by atoms with E-state index in [-0.39, 0.29) is 5.71 Å². The molecule has 1 N–H and O–H groups in total. The molecule has 18 heavy (non-hydrogen) atoms. The van der Waals surface area contributed by atoms with Crippen LogP contribution in [0.15, 0.2) is 35.5 Å². The minimum atomic E-state index is -4.69. The molecule has 1 aromatic rings. The van der Waals surface area contributed by atoms with Crippen molar-refractivity contribution in [1.82, 2.24) is 0 Å². The number of alkyl halides is 4. The predicted octanol–water partition coefficient (Wildman–Crippen LogP) is 2.40. The number of hydrogen-bond acceptors (Lipinski definition) is 3. The fourth-order valence-electron chi connectivity index (χ4n) is 1.56. The molecule has 1 aliphatic rings. The highest BCUT2D eigenvalue weighted by Gasteiger charge is 2.64. The molecule has 1 atom stereocenters. The molecule has 1 heterocycles. The van der Waals surface area contributed by atoms with Crippen molar-refractivity contribution in [3.63, 3.8) is 0 Å². The number of nitrogens with zero attached hydrogens (tertiary/aromatic N) is 1. The highest BCUT2D eigenvalue weighted by Crippen LogP contribution is 2.41. The monoisotopic (exact) mass is 263 g/mol. The van der Waals surface area contributed by atoms with Gasteiger partial charge in [-0.1, -0.05) is 35.5 Å². The van der Waals surface area contributed by atoms with Crippen LogP contribution in [0.4, 0.5) is 17.6 Å². The van der Waals surface area contributed by atoms with E-state index in [1.54, 1.807) is 30.3 Å². The fraction of sp³-hybridized carbons (Fsp3) is 0.364. The molecule has 7 heteroatoms. The number of rotatable bonds is 3. The lowest BCUT2D eigenvalue weighted by molar-refractivity contribution is -0.338. The van der Waals surface area contributed by atoms with E-state index in [9.17, 15) is 22.7 Å². The largest absolute Gasteiger partial charge is 0.373 e. The van der Waals surface area contributed by atoms with Crippen molar-refractivity contribution in [1.29, 1.82) is 0 Å². The molecule has 1 aromatic carbocycles. The Labute approximate surface area is 99.7 Å². The van der Waals surface area contributed by atoms with E-state index in [0.717, 1.165) is 0 Å². The molecule has 0 aromatic heterocycles. The van der Waals surface area contributed by atoms with E-state index in [1.807, 2.05) is 0 Å². The zero-order valence-corrected chi connectivity index (χ0v) is 8.99. The topological polar surface area (TPSA) is 41.8 Å². The van der Waals surface area contributed by atoms with Crippen molar-refractivity contribution in [2.75, 3.05) is 0 Å². The second kappa shape index (κ2) is 4.24. The Hall–Kier alpha value is -1.63. The van der Waals surface area contributed by atoms with E-state index < -0.39 is 24.6 Å². The van der Waals surface area contributed by atoms with Gasteiger partial charge in [-0.3, -0.25) is 0 Å². The summed E-state index contributed by atoms with van der Waals surface area (Å²) >= 11 is 0. The number of aliphatic hydroxyl groups is 1. The number of hydrogen-bond donors (Lipinski definition) is 1. The normalized spacial score (nSPS) is 24.0. The van der Waals surface area contributed by atoms with Crippen LogP contribution >= 0.6 is 0 Å². The lowest BCUT2D eigenvalue weighted by atomic mass is 9.99. The summed E-state index contributed by atoms with van der Waals surface area (Å²) in [5, 5.41) is 12.7. The molecule has 0 aliphatic carbocycles. The second-order valence-corrected chi connectivity index (χ2v) is 3.88. The maximum Gasteiger partial charge on any atom is 0.373 e. The third kappa shape index (κ3) is 1.94. The molecule has 0 fully saturated rings. The van der Waals surface area contributed by atoms with Crippen LogP contribution in [-0.4, -0.2) is 29.0 Å². The van der Waals surface area contributed by atoms with Gasteiger partial charge < -0.3 is 9.94 Å². The molecule has 2 rings (SSSR count). The van der Waals surface area contributed by atoms with E-state index in [4.69, 9.17) is 0 Å². The molecular formula is C11H9F4NO2. The summed E-state index contributed by atoms with van der Waals surface area (Å²) in [6, 6.07) is 8.05. The second-order valence-electron chi connectivity index (χ2n) is 3.88. The zero-order chi connectivity index (χ0) is 13.4. The van der Waals surface area contributed by atoms with Crippen molar-refractivity contribution in [3.05, 3.63) is 35.9 Å². The van der Waals surface area contributed by atoms with Crippen molar-refractivity contribution in [2.24, 2.45) is 5.16 Å². The minimum Gasteiger partial charge on any atom is -0.353 e. The lowest BCUT2D eigenvalue weighted by Gasteiger charge is -2.28. The summed E-state index contributed by atoms with van der Waals surface area (Å²) in [6.07, 6.45) is -4.83. The van der Waals surface area contributed by atoms with Gasteiger partial charge in [0.2, 0.25) is 0 Å². The molecule has 0 radical (unpaired) electrons. The third-order valence-corrected chi connectivity index (χ3v) is 2.62. The first-order valence-electron chi connectivity index (χ1n) is 5.05. The van der Waals surface area contributed by atoms with Crippen LogP contribution in [0.25, 0.3) is 0 Å². The molecule has 98 valence electrons.